The lowest BCUT2D eigenvalue weighted by molar-refractivity contribution is -0.271. The van der Waals surface area contributed by atoms with E-state index in [4.69, 9.17) is 24.4 Å². The highest BCUT2D eigenvalue weighted by atomic mass is 16.7. The van der Waals surface area contributed by atoms with Crippen molar-refractivity contribution in [1.82, 2.24) is 0 Å². The normalized spacial score (nSPS) is 30.6. The summed E-state index contributed by atoms with van der Waals surface area (Å²) in [5.74, 6) is -1.37. The Morgan fingerprint density at radius 2 is 1.88 bits per heavy atom. The van der Waals surface area contributed by atoms with Gasteiger partial charge in [0.15, 0.2) is 17.6 Å². The Labute approximate surface area is 142 Å². The van der Waals surface area contributed by atoms with E-state index in [1.807, 2.05) is 0 Å². The summed E-state index contributed by atoms with van der Waals surface area (Å²) < 4.78 is 15.5. The van der Waals surface area contributed by atoms with E-state index in [-0.39, 0.29) is 11.5 Å². The molecule has 0 amide bonds. The quantitative estimate of drug-likeness (QED) is 0.334. The summed E-state index contributed by atoms with van der Waals surface area (Å²) in [6, 6.07) is 4.16. The molecule has 0 bridgehead atoms. The number of rotatable bonds is 6. The first-order chi connectivity index (χ1) is 11.8. The number of aliphatic carboxylic acids is 1. The van der Waals surface area contributed by atoms with Crippen molar-refractivity contribution < 1.29 is 49.6 Å². The molecule has 1 saturated heterocycles. The molecular formula is C15H20O10. The van der Waals surface area contributed by atoms with E-state index >= 15 is 0 Å². The van der Waals surface area contributed by atoms with Crippen molar-refractivity contribution in [2.75, 3.05) is 13.7 Å². The molecule has 10 nitrogen and oxygen atoms in total. The van der Waals surface area contributed by atoms with Crippen LogP contribution < -0.4 is 9.47 Å². The summed E-state index contributed by atoms with van der Waals surface area (Å²) >= 11 is 0. The fourth-order valence-corrected chi connectivity index (χ4v) is 2.37. The lowest BCUT2D eigenvalue weighted by Crippen LogP contribution is -2.61. The van der Waals surface area contributed by atoms with Crippen molar-refractivity contribution in [3.8, 4) is 11.5 Å². The molecular weight excluding hydrogens is 340 g/mol. The van der Waals surface area contributed by atoms with Gasteiger partial charge in [-0.1, -0.05) is 6.07 Å². The zero-order chi connectivity index (χ0) is 18.7. The van der Waals surface area contributed by atoms with Crippen LogP contribution in [0.4, 0.5) is 0 Å². The number of carboxylic acid groups (broad SMARTS) is 1. The average Bonchev–Trinajstić information content (AvgIpc) is 2.61. The second-order valence-corrected chi connectivity index (χ2v) is 5.46. The molecule has 6 N–H and O–H groups in total. The van der Waals surface area contributed by atoms with E-state index in [1.165, 1.54) is 25.3 Å². The Morgan fingerprint density at radius 1 is 1.20 bits per heavy atom. The van der Waals surface area contributed by atoms with Crippen molar-refractivity contribution in [3.63, 3.8) is 0 Å². The van der Waals surface area contributed by atoms with Gasteiger partial charge in [0.1, 0.15) is 24.4 Å². The van der Waals surface area contributed by atoms with Gasteiger partial charge >= 0.3 is 5.97 Å². The SMILES string of the molecule is COc1cc(C(O)CO)ccc1OC1OC(C(=O)O)C(O)C(O)C1O. The van der Waals surface area contributed by atoms with E-state index in [9.17, 15) is 25.2 Å². The number of ether oxygens (including phenoxy) is 3. The smallest absolute Gasteiger partial charge is 0.335 e. The highest BCUT2D eigenvalue weighted by Crippen LogP contribution is 2.33. The largest absolute Gasteiger partial charge is 0.493 e. The van der Waals surface area contributed by atoms with Gasteiger partial charge in [-0.2, -0.15) is 0 Å². The Balaban J connectivity index is 2.24. The van der Waals surface area contributed by atoms with E-state index in [1.54, 1.807) is 0 Å². The fraction of sp³-hybridized carbons (Fsp3) is 0.533. The summed E-state index contributed by atoms with van der Waals surface area (Å²) in [5, 5.41) is 57.0. The van der Waals surface area contributed by atoms with Gasteiger partial charge in [0.25, 0.3) is 0 Å². The Morgan fingerprint density at radius 3 is 2.44 bits per heavy atom. The topological polar surface area (TPSA) is 166 Å². The maximum Gasteiger partial charge on any atom is 0.335 e. The number of methoxy groups -OCH3 is 1. The molecule has 0 radical (unpaired) electrons. The van der Waals surface area contributed by atoms with Crippen molar-refractivity contribution in [3.05, 3.63) is 23.8 Å². The third-order valence-corrected chi connectivity index (χ3v) is 3.80. The average molecular weight is 360 g/mol. The lowest BCUT2D eigenvalue weighted by atomic mass is 9.99. The molecule has 0 aromatic heterocycles. The third kappa shape index (κ3) is 4.00. The van der Waals surface area contributed by atoms with Crippen LogP contribution in [0.3, 0.4) is 0 Å². The summed E-state index contributed by atoms with van der Waals surface area (Å²) in [6.45, 7) is -0.502. The standard InChI is InChI=1S/C15H20O10/c1-23-9-4-6(7(17)5-16)2-3-8(9)24-15-12(20)10(18)11(19)13(25-15)14(21)22/h2-4,7,10-13,15-20H,5H2,1H3,(H,21,22). The predicted molar refractivity (Wildman–Crippen MR) is 80.0 cm³/mol. The molecule has 0 spiro atoms. The molecule has 1 aliphatic heterocycles. The Hall–Kier alpha value is -1.95. The molecule has 0 aliphatic carbocycles. The number of hydrogen-bond donors (Lipinski definition) is 6. The van der Waals surface area contributed by atoms with Crippen LogP contribution in [0.15, 0.2) is 18.2 Å². The van der Waals surface area contributed by atoms with Gasteiger partial charge in [-0.3, -0.25) is 0 Å². The second kappa shape index (κ2) is 7.95. The van der Waals surface area contributed by atoms with Crippen LogP contribution in [0, 0.1) is 0 Å². The summed E-state index contributed by atoms with van der Waals surface area (Å²) in [4.78, 5) is 11.1. The molecule has 6 atom stereocenters. The van der Waals surface area contributed by atoms with Crippen molar-refractivity contribution in [1.29, 1.82) is 0 Å². The number of benzene rings is 1. The Kier molecular flexibility index (Phi) is 6.16. The maximum atomic E-state index is 11.1. The zero-order valence-corrected chi connectivity index (χ0v) is 13.2. The number of aliphatic hydroxyl groups excluding tert-OH is 5. The first kappa shape index (κ1) is 19.4. The Bertz CT molecular complexity index is 606. The number of carboxylic acids is 1. The summed E-state index contributed by atoms with van der Waals surface area (Å²) in [7, 11) is 1.31. The highest BCUT2D eigenvalue weighted by Gasteiger charge is 2.48. The molecule has 1 aromatic carbocycles. The van der Waals surface area contributed by atoms with Gasteiger partial charge < -0.3 is 44.8 Å². The van der Waals surface area contributed by atoms with Crippen LogP contribution in [-0.2, 0) is 9.53 Å². The van der Waals surface area contributed by atoms with Gasteiger partial charge in [-0.15, -0.1) is 0 Å². The van der Waals surface area contributed by atoms with Crippen LogP contribution in [-0.4, -0.2) is 81.0 Å². The van der Waals surface area contributed by atoms with E-state index in [2.05, 4.69) is 0 Å². The van der Waals surface area contributed by atoms with Gasteiger partial charge in [0, 0.05) is 0 Å². The van der Waals surface area contributed by atoms with E-state index < -0.39 is 49.4 Å². The maximum absolute atomic E-state index is 11.1. The minimum atomic E-state index is -1.82. The predicted octanol–water partition coefficient (Wildman–Crippen LogP) is -2.01. The second-order valence-electron chi connectivity index (χ2n) is 5.46. The van der Waals surface area contributed by atoms with Crippen LogP contribution >= 0.6 is 0 Å². The monoisotopic (exact) mass is 360 g/mol. The van der Waals surface area contributed by atoms with Crippen molar-refractivity contribution >= 4 is 5.97 Å². The molecule has 0 saturated carbocycles. The van der Waals surface area contributed by atoms with Gasteiger partial charge in [0.05, 0.1) is 13.7 Å². The summed E-state index contributed by atoms with van der Waals surface area (Å²) in [6.07, 6.45) is -9.82. The van der Waals surface area contributed by atoms with Gasteiger partial charge in [-0.05, 0) is 17.7 Å². The van der Waals surface area contributed by atoms with Gasteiger partial charge in [0.2, 0.25) is 6.29 Å². The molecule has 2 rings (SSSR count). The molecule has 1 heterocycles. The highest BCUT2D eigenvalue weighted by molar-refractivity contribution is 5.73. The van der Waals surface area contributed by atoms with Crippen molar-refractivity contribution in [2.24, 2.45) is 0 Å². The first-order valence-corrected chi connectivity index (χ1v) is 7.36. The van der Waals surface area contributed by atoms with Gasteiger partial charge in [-0.25, -0.2) is 4.79 Å². The minimum Gasteiger partial charge on any atom is -0.493 e. The van der Waals surface area contributed by atoms with Crippen LogP contribution in [0.2, 0.25) is 0 Å². The minimum absolute atomic E-state index is 0.0353. The van der Waals surface area contributed by atoms with Crippen LogP contribution in [0.5, 0.6) is 11.5 Å². The molecule has 140 valence electrons. The molecule has 6 unspecified atom stereocenters. The van der Waals surface area contributed by atoms with E-state index in [0.29, 0.717) is 5.56 Å². The number of aliphatic hydroxyl groups is 5. The molecule has 1 fully saturated rings. The molecule has 1 aliphatic rings. The lowest BCUT2D eigenvalue weighted by Gasteiger charge is -2.38. The first-order valence-electron chi connectivity index (χ1n) is 7.36. The third-order valence-electron chi connectivity index (χ3n) is 3.80. The molecule has 10 heteroatoms. The zero-order valence-electron chi connectivity index (χ0n) is 13.2. The fourth-order valence-electron chi connectivity index (χ4n) is 2.37. The number of hydrogen-bond acceptors (Lipinski definition) is 9. The summed E-state index contributed by atoms with van der Waals surface area (Å²) in [5.41, 5.74) is 0.343. The molecule has 25 heavy (non-hydrogen) atoms. The van der Waals surface area contributed by atoms with Crippen molar-refractivity contribution in [2.45, 2.75) is 36.8 Å². The number of carbonyl (C=O) groups is 1. The van der Waals surface area contributed by atoms with E-state index in [0.717, 1.165) is 0 Å². The van der Waals surface area contributed by atoms with Crippen LogP contribution in [0.25, 0.3) is 0 Å². The molecule has 1 aromatic rings. The van der Waals surface area contributed by atoms with Crippen LogP contribution in [0.1, 0.15) is 11.7 Å².